The van der Waals surface area contributed by atoms with Gasteiger partial charge in [-0.15, -0.1) is 11.3 Å². The summed E-state index contributed by atoms with van der Waals surface area (Å²) in [7, 11) is 1.30. The molecule has 0 bridgehead atoms. The number of hydrogen-bond donors (Lipinski definition) is 0. The van der Waals surface area contributed by atoms with Gasteiger partial charge in [-0.05, 0) is 11.6 Å². The number of rotatable bonds is 6. The van der Waals surface area contributed by atoms with E-state index in [1.807, 2.05) is 24.3 Å². The average molecular weight is 339 g/mol. The molecule has 1 aromatic carbocycles. The highest BCUT2D eigenvalue weighted by molar-refractivity contribution is 7.16. The van der Waals surface area contributed by atoms with Gasteiger partial charge in [-0.3, -0.25) is 4.79 Å². The number of thiophene rings is 1. The van der Waals surface area contributed by atoms with E-state index in [0.717, 1.165) is 16.9 Å². The van der Waals surface area contributed by atoms with Crippen molar-refractivity contribution in [2.45, 2.75) is 13.3 Å². The first kappa shape index (κ1) is 16.5. The summed E-state index contributed by atoms with van der Waals surface area (Å²) in [4.78, 5) is 23.9. The van der Waals surface area contributed by atoms with Crippen molar-refractivity contribution in [2.24, 2.45) is 0 Å². The number of carbonyl (C=O) groups is 2. The number of Topliss-reactive ketones (excluding diaryl/α,β-unsaturated/α-hetero) is 1. The molecule has 0 aliphatic carbocycles. The average Bonchev–Trinajstić information content (AvgIpc) is 2.93. The number of carbonyl (C=O) groups excluding carboxylic acids is 2. The highest BCUT2D eigenvalue weighted by Crippen LogP contribution is 2.30. The second-order valence-corrected chi connectivity index (χ2v) is 6.00. The first-order chi connectivity index (χ1) is 10.5. The van der Waals surface area contributed by atoms with Gasteiger partial charge in [-0.1, -0.05) is 29.8 Å². The Morgan fingerprint density at radius 2 is 2.00 bits per heavy atom. The van der Waals surface area contributed by atoms with Crippen LogP contribution in [0.2, 0.25) is 5.02 Å². The SMILES string of the molecule is COC(=O)c1cc(OCCc2ccccc2Cl)c(C(C)=O)s1. The van der Waals surface area contributed by atoms with Gasteiger partial charge in [0.15, 0.2) is 5.78 Å². The lowest BCUT2D eigenvalue weighted by Crippen LogP contribution is -2.03. The Morgan fingerprint density at radius 1 is 1.27 bits per heavy atom. The number of ether oxygens (including phenoxy) is 2. The smallest absolute Gasteiger partial charge is 0.348 e. The van der Waals surface area contributed by atoms with Gasteiger partial charge in [0.05, 0.1) is 13.7 Å². The molecule has 4 nitrogen and oxygen atoms in total. The lowest BCUT2D eigenvalue weighted by molar-refractivity contribution is 0.0606. The van der Waals surface area contributed by atoms with Crippen LogP contribution in [0.3, 0.4) is 0 Å². The first-order valence-electron chi connectivity index (χ1n) is 6.62. The van der Waals surface area contributed by atoms with E-state index in [1.54, 1.807) is 6.07 Å². The molecule has 2 aromatic rings. The summed E-state index contributed by atoms with van der Waals surface area (Å²) in [6.07, 6.45) is 0.612. The van der Waals surface area contributed by atoms with Gasteiger partial charge >= 0.3 is 5.97 Å². The molecule has 1 aromatic heterocycles. The molecule has 0 atom stereocenters. The topological polar surface area (TPSA) is 52.6 Å². The Hall–Kier alpha value is -1.85. The Balaban J connectivity index is 2.09. The minimum absolute atomic E-state index is 0.145. The van der Waals surface area contributed by atoms with Crippen LogP contribution in [0.5, 0.6) is 5.75 Å². The van der Waals surface area contributed by atoms with Crippen molar-refractivity contribution in [3.05, 3.63) is 50.7 Å². The third kappa shape index (κ3) is 3.87. The molecule has 0 aliphatic rings. The molecule has 6 heteroatoms. The first-order valence-corrected chi connectivity index (χ1v) is 7.81. The molecule has 0 saturated carbocycles. The zero-order valence-electron chi connectivity index (χ0n) is 12.2. The van der Waals surface area contributed by atoms with Crippen molar-refractivity contribution in [2.75, 3.05) is 13.7 Å². The van der Waals surface area contributed by atoms with Gasteiger partial charge in [0, 0.05) is 24.4 Å². The molecule has 2 rings (SSSR count). The summed E-state index contributed by atoms with van der Waals surface area (Å²) >= 11 is 7.16. The summed E-state index contributed by atoms with van der Waals surface area (Å²) in [5.41, 5.74) is 0.969. The Kier molecular flexibility index (Phi) is 5.57. The van der Waals surface area contributed by atoms with Crippen molar-refractivity contribution >= 4 is 34.7 Å². The fourth-order valence-corrected chi connectivity index (χ4v) is 3.05. The third-order valence-electron chi connectivity index (χ3n) is 2.99. The number of halogens is 1. The van der Waals surface area contributed by atoms with Crippen molar-refractivity contribution in [3.63, 3.8) is 0 Å². The fraction of sp³-hybridized carbons (Fsp3) is 0.250. The van der Waals surface area contributed by atoms with E-state index in [9.17, 15) is 9.59 Å². The van der Waals surface area contributed by atoms with E-state index >= 15 is 0 Å². The molecule has 1 heterocycles. The summed E-state index contributed by atoms with van der Waals surface area (Å²) in [5.74, 6) is -0.216. The lowest BCUT2D eigenvalue weighted by atomic mass is 10.2. The fourth-order valence-electron chi connectivity index (χ4n) is 1.90. The quantitative estimate of drug-likeness (QED) is 0.590. The molecule has 0 fully saturated rings. The van der Waals surface area contributed by atoms with E-state index in [4.69, 9.17) is 16.3 Å². The normalized spacial score (nSPS) is 10.3. The molecule has 0 N–H and O–H groups in total. The minimum Gasteiger partial charge on any atom is -0.492 e. The van der Waals surface area contributed by atoms with Crippen LogP contribution in [0.1, 0.15) is 31.8 Å². The number of benzene rings is 1. The van der Waals surface area contributed by atoms with Crippen LogP contribution in [-0.4, -0.2) is 25.5 Å². The number of ketones is 1. The Morgan fingerprint density at radius 3 is 2.64 bits per heavy atom. The Labute approximate surface area is 137 Å². The van der Waals surface area contributed by atoms with Gasteiger partial charge in [-0.25, -0.2) is 4.79 Å². The van der Waals surface area contributed by atoms with Crippen LogP contribution < -0.4 is 4.74 Å². The standard InChI is InChI=1S/C16H15ClO4S/c1-10(18)15-13(9-14(22-15)16(19)20-2)21-8-7-11-5-3-4-6-12(11)17/h3-6,9H,7-8H2,1-2H3. The molecule has 0 unspecified atom stereocenters. The van der Waals surface area contributed by atoms with E-state index in [1.165, 1.54) is 14.0 Å². The highest BCUT2D eigenvalue weighted by atomic mass is 35.5. The molecule has 0 radical (unpaired) electrons. The predicted molar refractivity (Wildman–Crippen MR) is 86.3 cm³/mol. The molecular formula is C16H15ClO4S. The van der Waals surface area contributed by atoms with Crippen LogP contribution >= 0.6 is 22.9 Å². The van der Waals surface area contributed by atoms with Crippen molar-refractivity contribution in [1.82, 2.24) is 0 Å². The van der Waals surface area contributed by atoms with Crippen LogP contribution in [0.25, 0.3) is 0 Å². The lowest BCUT2D eigenvalue weighted by Gasteiger charge is -2.07. The van der Waals surface area contributed by atoms with E-state index < -0.39 is 5.97 Å². The summed E-state index contributed by atoms with van der Waals surface area (Å²) in [5, 5.41) is 0.679. The highest BCUT2D eigenvalue weighted by Gasteiger charge is 2.19. The summed E-state index contributed by atoms with van der Waals surface area (Å²) in [6.45, 7) is 1.80. The van der Waals surface area contributed by atoms with E-state index in [0.29, 0.717) is 33.6 Å². The number of esters is 1. The third-order valence-corrected chi connectivity index (χ3v) is 4.56. The van der Waals surface area contributed by atoms with Gasteiger partial charge in [-0.2, -0.15) is 0 Å². The van der Waals surface area contributed by atoms with Gasteiger partial charge in [0.25, 0.3) is 0 Å². The maximum absolute atomic E-state index is 11.6. The van der Waals surface area contributed by atoms with E-state index in [2.05, 4.69) is 4.74 Å². The van der Waals surface area contributed by atoms with E-state index in [-0.39, 0.29) is 5.78 Å². The van der Waals surface area contributed by atoms with Crippen LogP contribution in [0.4, 0.5) is 0 Å². The largest absolute Gasteiger partial charge is 0.492 e. The second kappa shape index (κ2) is 7.42. The van der Waals surface area contributed by atoms with Crippen molar-refractivity contribution in [3.8, 4) is 5.75 Å². The monoisotopic (exact) mass is 338 g/mol. The molecule has 22 heavy (non-hydrogen) atoms. The van der Waals surface area contributed by atoms with Gasteiger partial charge in [0.2, 0.25) is 0 Å². The van der Waals surface area contributed by atoms with Crippen LogP contribution in [0.15, 0.2) is 30.3 Å². The predicted octanol–water partition coefficient (Wildman–Crippen LogP) is 4.01. The van der Waals surface area contributed by atoms with Crippen molar-refractivity contribution in [1.29, 1.82) is 0 Å². The van der Waals surface area contributed by atoms with Gasteiger partial charge < -0.3 is 9.47 Å². The molecule has 0 saturated heterocycles. The maximum Gasteiger partial charge on any atom is 0.348 e. The maximum atomic E-state index is 11.6. The molecule has 116 valence electrons. The Bertz CT molecular complexity index is 693. The summed E-state index contributed by atoms with van der Waals surface area (Å²) < 4.78 is 10.3. The van der Waals surface area contributed by atoms with Crippen molar-refractivity contribution < 1.29 is 19.1 Å². The van der Waals surface area contributed by atoms with Crippen LogP contribution in [-0.2, 0) is 11.2 Å². The second-order valence-electron chi connectivity index (χ2n) is 4.54. The molecular weight excluding hydrogens is 324 g/mol. The number of hydrogen-bond acceptors (Lipinski definition) is 5. The zero-order valence-corrected chi connectivity index (χ0v) is 13.8. The number of methoxy groups -OCH3 is 1. The molecule has 0 aliphatic heterocycles. The summed E-state index contributed by atoms with van der Waals surface area (Å²) in [6, 6.07) is 9.05. The zero-order chi connectivity index (χ0) is 16.1. The minimum atomic E-state index is -0.478. The van der Waals surface area contributed by atoms with Crippen LogP contribution in [0, 0.1) is 0 Å². The molecule has 0 amide bonds. The molecule has 0 spiro atoms. The van der Waals surface area contributed by atoms with Gasteiger partial charge in [0.1, 0.15) is 15.5 Å².